The molecule has 0 aliphatic carbocycles. The van der Waals surface area contributed by atoms with Gasteiger partial charge in [0, 0.05) is 12.1 Å². The standard InChI is InChI=1S/C12H12N2O4/c1-2-18-11-7-6-10(14(16)17)8-9(11)4-3-5-12(13)15/h6-8H,2,5H2,1H3,(H2,13,15). The fourth-order valence-electron chi connectivity index (χ4n) is 1.24. The van der Waals surface area contributed by atoms with Crippen molar-refractivity contribution in [1.82, 2.24) is 0 Å². The Morgan fingerprint density at radius 3 is 2.83 bits per heavy atom. The van der Waals surface area contributed by atoms with Crippen molar-refractivity contribution in [3.05, 3.63) is 33.9 Å². The zero-order valence-corrected chi connectivity index (χ0v) is 9.80. The maximum Gasteiger partial charge on any atom is 0.270 e. The number of nitro groups is 1. The lowest BCUT2D eigenvalue weighted by atomic mass is 10.1. The summed E-state index contributed by atoms with van der Waals surface area (Å²) >= 11 is 0. The topological polar surface area (TPSA) is 95.5 Å². The van der Waals surface area contributed by atoms with Gasteiger partial charge in [0.1, 0.15) is 5.75 Å². The third-order valence-corrected chi connectivity index (χ3v) is 1.96. The van der Waals surface area contributed by atoms with E-state index in [0.717, 1.165) is 0 Å². The van der Waals surface area contributed by atoms with E-state index < -0.39 is 10.8 Å². The predicted molar refractivity (Wildman–Crippen MR) is 65.0 cm³/mol. The van der Waals surface area contributed by atoms with Crippen LogP contribution in [0.25, 0.3) is 0 Å². The highest BCUT2D eigenvalue weighted by Crippen LogP contribution is 2.23. The van der Waals surface area contributed by atoms with Gasteiger partial charge in [-0.2, -0.15) is 0 Å². The number of primary amides is 1. The van der Waals surface area contributed by atoms with E-state index in [4.69, 9.17) is 10.5 Å². The second-order valence-electron chi connectivity index (χ2n) is 3.32. The van der Waals surface area contributed by atoms with E-state index >= 15 is 0 Å². The Bertz CT molecular complexity index is 529. The zero-order valence-electron chi connectivity index (χ0n) is 9.80. The number of non-ortho nitro benzene ring substituents is 1. The van der Waals surface area contributed by atoms with Crippen molar-refractivity contribution < 1.29 is 14.5 Å². The number of amides is 1. The number of carbonyl (C=O) groups excluding carboxylic acids is 1. The first kappa shape index (κ1) is 13.5. The van der Waals surface area contributed by atoms with Crippen molar-refractivity contribution in [2.45, 2.75) is 13.3 Å². The van der Waals surface area contributed by atoms with Crippen LogP contribution in [0.5, 0.6) is 5.75 Å². The van der Waals surface area contributed by atoms with Gasteiger partial charge in [0.15, 0.2) is 0 Å². The summed E-state index contributed by atoms with van der Waals surface area (Å²) in [5.41, 5.74) is 5.24. The Hall–Kier alpha value is -2.55. The molecule has 0 unspecified atom stereocenters. The van der Waals surface area contributed by atoms with Crippen molar-refractivity contribution in [2.75, 3.05) is 6.61 Å². The third-order valence-electron chi connectivity index (χ3n) is 1.96. The van der Waals surface area contributed by atoms with Gasteiger partial charge < -0.3 is 10.5 Å². The normalized spacial score (nSPS) is 9.17. The van der Waals surface area contributed by atoms with Crippen molar-refractivity contribution >= 4 is 11.6 Å². The molecule has 1 aromatic carbocycles. The lowest BCUT2D eigenvalue weighted by molar-refractivity contribution is -0.384. The van der Waals surface area contributed by atoms with Crippen LogP contribution >= 0.6 is 0 Å². The molecule has 6 heteroatoms. The van der Waals surface area contributed by atoms with Crippen LogP contribution in [0.3, 0.4) is 0 Å². The molecule has 0 bridgehead atoms. The summed E-state index contributed by atoms with van der Waals surface area (Å²) in [5.74, 6) is 5.08. The fourth-order valence-corrected chi connectivity index (χ4v) is 1.24. The number of ether oxygens (including phenoxy) is 1. The minimum absolute atomic E-state index is 0.0816. The van der Waals surface area contributed by atoms with E-state index in [9.17, 15) is 14.9 Å². The van der Waals surface area contributed by atoms with Crippen molar-refractivity contribution in [1.29, 1.82) is 0 Å². The molecule has 1 rings (SSSR count). The quantitative estimate of drug-likeness (QED) is 0.492. The minimum atomic E-state index is -0.550. The van der Waals surface area contributed by atoms with Crippen LogP contribution < -0.4 is 10.5 Å². The van der Waals surface area contributed by atoms with E-state index in [1.54, 1.807) is 6.92 Å². The van der Waals surface area contributed by atoms with Gasteiger partial charge in [-0.15, -0.1) is 0 Å². The number of nitrogens with two attached hydrogens (primary N) is 1. The monoisotopic (exact) mass is 248 g/mol. The zero-order chi connectivity index (χ0) is 13.5. The summed E-state index contributed by atoms with van der Waals surface area (Å²) in [4.78, 5) is 20.7. The van der Waals surface area contributed by atoms with Gasteiger partial charge in [-0.25, -0.2) is 0 Å². The maximum absolute atomic E-state index is 10.6. The number of carbonyl (C=O) groups is 1. The molecule has 2 N–H and O–H groups in total. The number of rotatable bonds is 4. The average molecular weight is 248 g/mol. The first-order chi connectivity index (χ1) is 8.54. The summed E-state index contributed by atoms with van der Waals surface area (Å²) in [6.07, 6.45) is -0.103. The second-order valence-corrected chi connectivity index (χ2v) is 3.32. The number of nitrogens with zero attached hydrogens (tertiary/aromatic N) is 1. The summed E-state index contributed by atoms with van der Waals surface area (Å²) in [6.45, 7) is 2.21. The summed E-state index contributed by atoms with van der Waals surface area (Å²) < 4.78 is 5.29. The largest absolute Gasteiger partial charge is 0.493 e. The minimum Gasteiger partial charge on any atom is -0.493 e. The van der Waals surface area contributed by atoms with Crippen LogP contribution in [0.2, 0.25) is 0 Å². The SMILES string of the molecule is CCOc1ccc([N+](=O)[O-])cc1C#CCC(N)=O. The summed E-state index contributed by atoms with van der Waals surface area (Å²) in [5, 5.41) is 10.6. The third kappa shape index (κ3) is 3.79. The highest BCUT2D eigenvalue weighted by molar-refractivity contribution is 5.76. The van der Waals surface area contributed by atoms with Crippen LogP contribution in [0.4, 0.5) is 5.69 Å². The molecule has 0 aliphatic rings. The Morgan fingerprint density at radius 1 is 1.56 bits per heavy atom. The fraction of sp³-hybridized carbons (Fsp3) is 0.250. The first-order valence-electron chi connectivity index (χ1n) is 5.23. The van der Waals surface area contributed by atoms with E-state index in [2.05, 4.69) is 11.8 Å². The molecule has 0 fully saturated rings. The number of hydrogen-bond acceptors (Lipinski definition) is 4. The van der Waals surface area contributed by atoms with Gasteiger partial charge in [0.05, 0.1) is 23.5 Å². The van der Waals surface area contributed by atoms with Crippen molar-refractivity contribution in [3.63, 3.8) is 0 Å². The molecule has 94 valence electrons. The number of hydrogen-bond donors (Lipinski definition) is 1. The molecule has 0 heterocycles. The van der Waals surface area contributed by atoms with E-state index in [1.807, 2.05) is 0 Å². The van der Waals surface area contributed by atoms with Crippen LogP contribution in [0, 0.1) is 22.0 Å². The van der Waals surface area contributed by atoms with Crippen LogP contribution in [-0.2, 0) is 4.79 Å². The van der Waals surface area contributed by atoms with Gasteiger partial charge in [-0.3, -0.25) is 14.9 Å². The van der Waals surface area contributed by atoms with Gasteiger partial charge in [-0.1, -0.05) is 11.8 Å². The molecule has 0 spiro atoms. The molecule has 0 aromatic heterocycles. The summed E-state index contributed by atoms with van der Waals surface area (Å²) in [6, 6.07) is 4.12. The molecule has 1 aromatic rings. The lowest BCUT2D eigenvalue weighted by Gasteiger charge is -2.05. The molecular formula is C12H12N2O4. The smallest absolute Gasteiger partial charge is 0.270 e. The van der Waals surface area contributed by atoms with Gasteiger partial charge in [-0.05, 0) is 13.0 Å². The van der Waals surface area contributed by atoms with Crippen LogP contribution in [-0.4, -0.2) is 17.4 Å². The van der Waals surface area contributed by atoms with Crippen LogP contribution in [0.15, 0.2) is 18.2 Å². The van der Waals surface area contributed by atoms with E-state index in [0.29, 0.717) is 17.9 Å². The maximum atomic E-state index is 10.6. The van der Waals surface area contributed by atoms with Gasteiger partial charge >= 0.3 is 0 Å². The second kappa shape index (κ2) is 6.25. The van der Waals surface area contributed by atoms with Crippen molar-refractivity contribution in [3.8, 4) is 17.6 Å². The van der Waals surface area contributed by atoms with E-state index in [-0.39, 0.29) is 12.1 Å². The number of nitro benzene ring substituents is 1. The molecule has 0 radical (unpaired) electrons. The molecule has 1 amide bonds. The molecule has 0 atom stereocenters. The van der Waals surface area contributed by atoms with Crippen molar-refractivity contribution in [2.24, 2.45) is 5.73 Å². The van der Waals surface area contributed by atoms with Crippen LogP contribution in [0.1, 0.15) is 18.9 Å². The molecular weight excluding hydrogens is 236 g/mol. The highest BCUT2D eigenvalue weighted by atomic mass is 16.6. The molecule has 0 saturated carbocycles. The summed E-state index contributed by atoms with van der Waals surface area (Å²) in [7, 11) is 0. The molecule has 0 saturated heterocycles. The van der Waals surface area contributed by atoms with Gasteiger partial charge in [0.25, 0.3) is 5.69 Å². The highest BCUT2D eigenvalue weighted by Gasteiger charge is 2.09. The van der Waals surface area contributed by atoms with E-state index in [1.165, 1.54) is 18.2 Å². The first-order valence-corrected chi connectivity index (χ1v) is 5.23. The lowest BCUT2D eigenvalue weighted by Crippen LogP contribution is -2.08. The van der Waals surface area contributed by atoms with Gasteiger partial charge in [0.2, 0.25) is 5.91 Å². The Labute approximate surface area is 104 Å². The molecule has 18 heavy (non-hydrogen) atoms. The number of benzene rings is 1. The molecule has 0 aliphatic heterocycles. The predicted octanol–water partition coefficient (Wildman–Crippen LogP) is 1.22. The Morgan fingerprint density at radius 2 is 2.28 bits per heavy atom. The Kier molecular flexibility index (Phi) is 4.69. The Balaban J connectivity index is 3.09. The molecule has 6 nitrogen and oxygen atoms in total. The average Bonchev–Trinajstić information content (AvgIpc) is 2.30.